The summed E-state index contributed by atoms with van der Waals surface area (Å²) >= 11 is 0. The molecule has 0 fully saturated rings. The van der Waals surface area contributed by atoms with Crippen molar-refractivity contribution in [2.75, 3.05) is 7.11 Å². The molecule has 0 amide bonds. The van der Waals surface area contributed by atoms with Crippen LogP contribution in [0.4, 0.5) is 4.39 Å². The number of halogens is 1. The third-order valence-corrected chi connectivity index (χ3v) is 3.96. The van der Waals surface area contributed by atoms with Gasteiger partial charge in [-0.3, -0.25) is 4.79 Å². The zero-order valence-corrected chi connectivity index (χ0v) is 11.7. The predicted molar refractivity (Wildman–Crippen MR) is 70.8 cm³/mol. The molecule has 0 saturated heterocycles. The number of hydrogen-bond donors (Lipinski definition) is 1. The second kappa shape index (κ2) is 5.36. The summed E-state index contributed by atoms with van der Waals surface area (Å²) in [5.41, 5.74) is -0.0911. The number of ether oxygens (including phenoxy) is 1. The Morgan fingerprint density at radius 2 is 2.25 bits per heavy atom. The van der Waals surface area contributed by atoms with E-state index in [2.05, 4.69) is 0 Å². The minimum absolute atomic E-state index is 0.0592. The number of carbonyl (C=O) groups is 1. The van der Waals surface area contributed by atoms with E-state index in [4.69, 9.17) is 9.84 Å². The second-order valence-electron chi connectivity index (χ2n) is 5.06. The van der Waals surface area contributed by atoms with Gasteiger partial charge in [-0.15, -0.1) is 0 Å². The summed E-state index contributed by atoms with van der Waals surface area (Å²) < 4.78 is 21.1. The van der Waals surface area contributed by atoms with Gasteiger partial charge in [0.2, 0.25) is 0 Å². The fourth-order valence-electron chi connectivity index (χ4n) is 2.83. The molecule has 3 unspecified atom stereocenters. The standard InChI is InChI=1S/C14H18FNO4/c1-4-16-6-9(14(18)19)12(17)8-5-10(15)7(2)13(20-3)11(8)16/h6-7,10,13H,4-5H2,1-3H3,(H,18,19). The fourth-order valence-corrected chi connectivity index (χ4v) is 2.83. The highest BCUT2D eigenvalue weighted by Crippen LogP contribution is 2.37. The molecule has 0 spiro atoms. The molecule has 1 aliphatic rings. The van der Waals surface area contributed by atoms with Gasteiger partial charge >= 0.3 is 5.97 Å². The van der Waals surface area contributed by atoms with Gasteiger partial charge in [0.1, 0.15) is 17.8 Å². The highest BCUT2D eigenvalue weighted by atomic mass is 19.1. The Balaban J connectivity index is 2.76. The number of aryl methyl sites for hydroxylation is 1. The van der Waals surface area contributed by atoms with E-state index in [0.717, 1.165) is 0 Å². The third-order valence-electron chi connectivity index (χ3n) is 3.96. The number of fused-ring (bicyclic) bond motifs is 1. The number of hydrogen-bond acceptors (Lipinski definition) is 3. The largest absolute Gasteiger partial charge is 0.477 e. The van der Waals surface area contributed by atoms with Crippen LogP contribution in [0.1, 0.15) is 41.6 Å². The first-order chi connectivity index (χ1) is 9.42. The molecule has 1 aliphatic carbocycles. The SMILES string of the molecule is CCn1cc(C(=O)O)c(=O)c2c1C(OC)C(C)C(F)C2. The van der Waals surface area contributed by atoms with Crippen molar-refractivity contribution in [3.05, 3.63) is 33.2 Å². The average Bonchev–Trinajstić information content (AvgIpc) is 2.41. The van der Waals surface area contributed by atoms with Crippen LogP contribution >= 0.6 is 0 Å². The molecular weight excluding hydrogens is 265 g/mol. The van der Waals surface area contributed by atoms with E-state index < -0.39 is 23.7 Å². The van der Waals surface area contributed by atoms with Crippen LogP contribution in [-0.2, 0) is 17.7 Å². The molecule has 110 valence electrons. The lowest BCUT2D eigenvalue weighted by Gasteiger charge is -2.34. The summed E-state index contributed by atoms with van der Waals surface area (Å²) in [6.45, 7) is 4.07. The monoisotopic (exact) mass is 283 g/mol. The van der Waals surface area contributed by atoms with Crippen molar-refractivity contribution >= 4 is 5.97 Å². The van der Waals surface area contributed by atoms with E-state index in [1.807, 2.05) is 6.92 Å². The van der Waals surface area contributed by atoms with Gasteiger partial charge in [0.05, 0.1) is 5.69 Å². The molecule has 0 aliphatic heterocycles. The number of aromatic carboxylic acids is 1. The number of methoxy groups -OCH3 is 1. The zero-order valence-electron chi connectivity index (χ0n) is 11.7. The molecule has 0 aromatic carbocycles. The first-order valence-corrected chi connectivity index (χ1v) is 6.58. The Bertz CT molecular complexity index is 596. The molecule has 1 aromatic rings. The molecule has 3 atom stereocenters. The highest BCUT2D eigenvalue weighted by Gasteiger charge is 2.38. The van der Waals surface area contributed by atoms with E-state index in [0.29, 0.717) is 12.2 Å². The number of carboxylic acid groups (broad SMARTS) is 1. The van der Waals surface area contributed by atoms with Gasteiger partial charge < -0.3 is 14.4 Å². The quantitative estimate of drug-likeness (QED) is 0.918. The lowest BCUT2D eigenvalue weighted by molar-refractivity contribution is 0.00629. The number of carboxylic acids is 1. The highest BCUT2D eigenvalue weighted by molar-refractivity contribution is 5.87. The summed E-state index contributed by atoms with van der Waals surface area (Å²) in [5, 5.41) is 9.09. The number of pyridine rings is 1. The van der Waals surface area contributed by atoms with E-state index in [-0.39, 0.29) is 23.5 Å². The van der Waals surface area contributed by atoms with Crippen LogP contribution in [0.2, 0.25) is 0 Å². The van der Waals surface area contributed by atoms with Crippen molar-refractivity contribution in [2.45, 2.75) is 39.1 Å². The Kier molecular flexibility index (Phi) is 3.94. The Hall–Kier alpha value is -1.69. The van der Waals surface area contributed by atoms with Gasteiger partial charge in [-0.25, -0.2) is 9.18 Å². The van der Waals surface area contributed by atoms with Gasteiger partial charge in [-0.2, -0.15) is 0 Å². The lowest BCUT2D eigenvalue weighted by atomic mass is 9.83. The van der Waals surface area contributed by atoms with Crippen molar-refractivity contribution in [3.63, 3.8) is 0 Å². The molecule has 2 rings (SSSR count). The van der Waals surface area contributed by atoms with Crippen LogP contribution in [0.25, 0.3) is 0 Å². The van der Waals surface area contributed by atoms with Crippen molar-refractivity contribution in [3.8, 4) is 0 Å². The normalized spacial score (nSPS) is 25.3. The molecule has 0 bridgehead atoms. The van der Waals surface area contributed by atoms with Crippen molar-refractivity contribution in [1.82, 2.24) is 4.57 Å². The summed E-state index contributed by atoms with van der Waals surface area (Å²) in [6, 6.07) is 0. The second-order valence-corrected chi connectivity index (χ2v) is 5.06. The molecule has 0 radical (unpaired) electrons. The third kappa shape index (κ3) is 2.14. The summed E-state index contributed by atoms with van der Waals surface area (Å²) in [4.78, 5) is 23.4. The molecule has 1 aromatic heterocycles. The zero-order chi connectivity index (χ0) is 15.0. The first kappa shape index (κ1) is 14.7. The van der Waals surface area contributed by atoms with Gasteiger partial charge in [-0.05, 0) is 6.92 Å². The van der Waals surface area contributed by atoms with Crippen molar-refractivity contribution in [2.24, 2.45) is 5.92 Å². The van der Waals surface area contributed by atoms with E-state index in [9.17, 15) is 14.0 Å². The minimum Gasteiger partial charge on any atom is -0.477 e. The molecule has 1 N–H and O–H groups in total. The van der Waals surface area contributed by atoms with Gasteiger partial charge in [-0.1, -0.05) is 6.92 Å². The van der Waals surface area contributed by atoms with Crippen LogP contribution in [0.5, 0.6) is 0 Å². The maximum absolute atomic E-state index is 14.1. The van der Waals surface area contributed by atoms with E-state index in [1.54, 1.807) is 11.5 Å². The fraction of sp³-hybridized carbons (Fsp3) is 0.571. The van der Waals surface area contributed by atoms with Crippen LogP contribution in [0.3, 0.4) is 0 Å². The van der Waals surface area contributed by atoms with Crippen LogP contribution < -0.4 is 5.43 Å². The molecule has 0 saturated carbocycles. The number of nitrogens with zero attached hydrogens (tertiary/aromatic N) is 1. The first-order valence-electron chi connectivity index (χ1n) is 6.58. The number of aromatic nitrogens is 1. The molecule has 5 nitrogen and oxygen atoms in total. The van der Waals surface area contributed by atoms with Gasteiger partial charge in [0, 0.05) is 37.8 Å². The number of alkyl halides is 1. The van der Waals surface area contributed by atoms with Crippen LogP contribution in [0.15, 0.2) is 11.0 Å². The molecule has 6 heteroatoms. The maximum Gasteiger partial charge on any atom is 0.341 e. The van der Waals surface area contributed by atoms with E-state index >= 15 is 0 Å². The smallest absolute Gasteiger partial charge is 0.341 e. The summed E-state index contributed by atoms with van der Waals surface area (Å²) in [7, 11) is 1.47. The van der Waals surface area contributed by atoms with Gasteiger partial charge in [0.15, 0.2) is 5.43 Å². The van der Waals surface area contributed by atoms with Gasteiger partial charge in [0.25, 0.3) is 0 Å². The Morgan fingerprint density at radius 1 is 1.60 bits per heavy atom. The lowest BCUT2D eigenvalue weighted by Crippen LogP contribution is -2.38. The van der Waals surface area contributed by atoms with Crippen molar-refractivity contribution in [1.29, 1.82) is 0 Å². The topological polar surface area (TPSA) is 68.5 Å². The average molecular weight is 283 g/mol. The minimum atomic E-state index is -1.29. The molecule has 20 heavy (non-hydrogen) atoms. The van der Waals surface area contributed by atoms with E-state index in [1.165, 1.54) is 13.3 Å². The van der Waals surface area contributed by atoms with Crippen LogP contribution in [-0.4, -0.2) is 28.9 Å². The van der Waals surface area contributed by atoms with Crippen LogP contribution in [0, 0.1) is 5.92 Å². The number of rotatable bonds is 3. The predicted octanol–water partition coefficient (Wildman–Crippen LogP) is 1.78. The molecular formula is C14H18FNO4. The Labute approximate surface area is 116 Å². The van der Waals surface area contributed by atoms with Crippen molar-refractivity contribution < 1.29 is 19.0 Å². The maximum atomic E-state index is 14.1. The Morgan fingerprint density at radius 3 is 2.75 bits per heavy atom. The summed E-state index contributed by atoms with van der Waals surface area (Å²) in [5.74, 6) is -1.66. The molecule has 1 heterocycles. The summed E-state index contributed by atoms with van der Waals surface area (Å²) in [6.07, 6.45) is -0.490.